The van der Waals surface area contributed by atoms with Crippen molar-refractivity contribution < 1.29 is 0 Å². The summed E-state index contributed by atoms with van der Waals surface area (Å²) >= 11 is 0. The summed E-state index contributed by atoms with van der Waals surface area (Å²) < 4.78 is 2.01. The van der Waals surface area contributed by atoms with Crippen LogP contribution in [0.4, 0.5) is 0 Å². The van der Waals surface area contributed by atoms with E-state index in [0.717, 1.165) is 24.0 Å². The molecule has 0 bridgehead atoms. The lowest BCUT2D eigenvalue weighted by Crippen LogP contribution is -2.28. The molecular formula is C22H21NO. The van der Waals surface area contributed by atoms with Crippen molar-refractivity contribution in [1.82, 2.24) is 4.57 Å². The monoisotopic (exact) mass is 315 g/mol. The molecule has 1 aliphatic rings. The Kier molecular flexibility index (Phi) is 4.04. The second kappa shape index (κ2) is 6.48. The van der Waals surface area contributed by atoms with Crippen LogP contribution in [0.2, 0.25) is 0 Å². The Morgan fingerprint density at radius 2 is 1.50 bits per heavy atom. The molecule has 0 aliphatic heterocycles. The molecule has 0 spiro atoms. The fourth-order valence-electron chi connectivity index (χ4n) is 3.64. The summed E-state index contributed by atoms with van der Waals surface area (Å²) in [6.07, 6.45) is 4.47. The average molecular weight is 315 g/mol. The number of rotatable bonds is 3. The summed E-state index contributed by atoms with van der Waals surface area (Å²) in [5.41, 5.74) is 5.72. The van der Waals surface area contributed by atoms with Gasteiger partial charge in [-0.2, -0.15) is 0 Å². The second-order valence-corrected chi connectivity index (χ2v) is 6.48. The van der Waals surface area contributed by atoms with Gasteiger partial charge in [-0.05, 0) is 48.4 Å². The normalized spacial score (nSPS) is 13.5. The fourth-order valence-corrected chi connectivity index (χ4v) is 3.64. The Labute approximate surface area is 142 Å². The number of aromatic nitrogens is 1. The van der Waals surface area contributed by atoms with Crippen LogP contribution in [0, 0.1) is 0 Å². The number of nitrogens with zero attached hydrogens (tertiary/aromatic N) is 1. The zero-order chi connectivity index (χ0) is 16.4. The van der Waals surface area contributed by atoms with E-state index in [0.29, 0.717) is 6.54 Å². The topological polar surface area (TPSA) is 22.0 Å². The first kappa shape index (κ1) is 14.9. The van der Waals surface area contributed by atoms with Gasteiger partial charge in [-0.25, -0.2) is 0 Å². The molecule has 0 fully saturated rings. The molecule has 2 aromatic carbocycles. The van der Waals surface area contributed by atoms with E-state index in [-0.39, 0.29) is 5.56 Å². The summed E-state index contributed by atoms with van der Waals surface area (Å²) in [5.74, 6) is 0. The first-order valence-corrected chi connectivity index (χ1v) is 8.68. The van der Waals surface area contributed by atoms with Crippen molar-refractivity contribution in [2.75, 3.05) is 0 Å². The lowest BCUT2D eigenvalue weighted by molar-refractivity contribution is 0.603. The van der Waals surface area contributed by atoms with Gasteiger partial charge in [-0.3, -0.25) is 4.79 Å². The maximum Gasteiger partial charge on any atom is 0.258 e. The third-order valence-electron chi connectivity index (χ3n) is 4.87. The number of aryl methyl sites for hydroxylation is 1. The van der Waals surface area contributed by atoms with Crippen LogP contribution in [-0.4, -0.2) is 4.57 Å². The second-order valence-electron chi connectivity index (χ2n) is 6.48. The predicted molar refractivity (Wildman–Crippen MR) is 98.3 cm³/mol. The number of hydrogen-bond acceptors (Lipinski definition) is 1. The summed E-state index contributed by atoms with van der Waals surface area (Å²) in [6, 6.07) is 22.4. The van der Waals surface area contributed by atoms with Crippen LogP contribution in [0.3, 0.4) is 0 Å². The van der Waals surface area contributed by atoms with Crippen LogP contribution in [0.5, 0.6) is 0 Å². The fraction of sp³-hybridized carbons (Fsp3) is 0.227. The summed E-state index contributed by atoms with van der Waals surface area (Å²) in [5, 5.41) is 0. The molecular weight excluding hydrogens is 294 g/mol. The van der Waals surface area contributed by atoms with E-state index < -0.39 is 0 Å². The van der Waals surface area contributed by atoms with Gasteiger partial charge >= 0.3 is 0 Å². The van der Waals surface area contributed by atoms with E-state index in [1.165, 1.54) is 29.7 Å². The zero-order valence-corrected chi connectivity index (χ0v) is 13.7. The maximum atomic E-state index is 13.2. The van der Waals surface area contributed by atoms with E-state index in [1.54, 1.807) is 0 Å². The van der Waals surface area contributed by atoms with Gasteiger partial charge in [-0.15, -0.1) is 0 Å². The molecule has 2 nitrogen and oxygen atoms in total. The third kappa shape index (κ3) is 2.80. The molecule has 0 saturated carbocycles. The Balaban J connectivity index is 1.89. The Bertz CT molecular complexity index is 895. The van der Waals surface area contributed by atoms with Gasteiger partial charge in [0, 0.05) is 11.3 Å². The van der Waals surface area contributed by atoms with Gasteiger partial charge in [-0.1, -0.05) is 60.7 Å². The van der Waals surface area contributed by atoms with Crippen molar-refractivity contribution in [3.63, 3.8) is 0 Å². The first-order chi connectivity index (χ1) is 11.8. The van der Waals surface area contributed by atoms with Crippen LogP contribution in [0.1, 0.15) is 29.7 Å². The average Bonchev–Trinajstić information content (AvgIpc) is 2.65. The molecule has 0 saturated heterocycles. The zero-order valence-electron chi connectivity index (χ0n) is 13.7. The van der Waals surface area contributed by atoms with E-state index in [4.69, 9.17) is 0 Å². The highest BCUT2D eigenvalue weighted by Gasteiger charge is 2.18. The highest BCUT2D eigenvalue weighted by atomic mass is 16.1. The molecule has 3 aromatic rings. The molecule has 0 atom stereocenters. The highest BCUT2D eigenvalue weighted by molar-refractivity contribution is 5.63. The van der Waals surface area contributed by atoms with Crippen molar-refractivity contribution in [2.24, 2.45) is 0 Å². The number of benzene rings is 2. The van der Waals surface area contributed by atoms with E-state index >= 15 is 0 Å². The predicted octanol–water partition coefficient (Wildman–Crippen LogP) is 4.44. The molecule has 1 aliphatic carbocycles. The van der Waals surface area contributed by atoms with Crippen LogP contribution in [0.15, 0.2) is 71.5 Å². The molecule has 0 N–H and O–H groups in total. The van der Waals surface area contributed by atoms with Crippen LogP contribution in [0.25, 0.3) is 11.1 Å². The van der Waals surface area contributed by atoms with Crippen LogP contribution in [-0.2, 0) is 19.4 Å². The minimum atomic E-state index is 0.130. The molecule has 0 radical (unpaired) electrons. The van der Waals surface area contributed by atoms with Gasteiger partial charge < -0.3 is 4.57 Å². The summed E-state index contributed by atoms with van der Waals surface area (Å²) in [6.45, 7) is 0.655. The van der Waals surface area contributed by atoms with Crippen LogP contribution >= 0.6 is 0 Å². The number of hydrogen-bond donors (Lipinski definition) is 0. The number of pyridine rings is 1. The van der Waals surface area contributed by atoms with E-state index in [9.17, 15) is 4.79 Å². The minimum absolute atomic E-state index is 0.130. The maximum absolute atomic E-state index is 13.2. The van der Waals surface area contributed by atoms with Crippen LogP contribution < -0.4 is 5.56 Å². The summed E-state index contributed by atoms with van der Waals surface area (Å²) in [4.78, 5) is 13.2. The van der Waals surface area contributed by atoms with Gasteiger partial charge in [0.15, 0.2) is 0 Å². The van der Waals surface area contributed by atoms with Crippen molar-refractivity contribution in [3.8, 4) is 11.1 Å². The minimum Gasteiger partial charge on any atom is -0.307 e. The van der Waals surface area contributed by atoms with Gasteiger partial charge in [0.25, 0.3) is 5.56 Å². The van der Waals surface area contributed by atoms with Crippen molar-refractivity contribution >= 4 is 0 Å². The third-order valence-corrected chi connectivity index (χ3v) is 4.87. The Morgan fingerprint density at radius 3 is 2.25 bits per heavy atom. The molecule has 0 unspecified atom stereocenters. The summed E-state index contributed by atoms with van der Waals surface area (Å²) in [7, 11) is 0. The Morgan fingerprint density at radius 1 is 0.833 bits per heavy atom. The van der Waals surface area contributed by atoms with Crippen molar-refractivity contribution in [1.29, 1.82) is 0 Å². The lowest BCUT2D eigenvalue weighted by Gasteiger charge is -2.22. The SMILES string of the molecule is O=c1c(-c2ccccc2)cc2c(n1Cc1ccccc1)CCCC2. The quantitative estimate of drug-likeness (QED) is 0.700. The number of fused-ring (bicyclic) bond motifs is 1. The van der Waals surface area contributed by atoms with Crippen molar-refractivity contribution in [3.05, 3.63) is 93.9 Å². The molecule has 1 heterocycles. The van der Waals surface area contributed by atoms with E-state index in [2.05, 4.69) is 18.2 Å². The molecule has 120 valence electrons. The first-order valence-electron chi connectivity index (χ1n) is 8.68. The molecule has 4 rings (SSSR count). The molecule has 2 heteroatoms. The van der Waals surface area contributed by atoms with Gasteiger partial charge in [0.2, 0.25) is 0 Å². The lowest BCUT2D eigenvalue weighted by atomic mass is 9.92. The Hall–Kier alpha value is -2.61. The van der Waals surface area contributed by atoms with Gasteiger partial charge in [0.1, 0.15) is 0 Å². The highest BCUT2D eigenvalue weighted by Crippen LogP contribution is 2.25. The molecule has 24 heavy (non-hydrogen) atoms. The van der Waals surface area contributed by atoms with Crippen molar-refractivity contribution in [2.45, 2.75) is 32.2 Å². The van der Waals surface area contributed by atoms with Gasteiger partial charge in [0.05, 0.1) is 6.54 Å². The smallest absolute Gasteiger partial charge is 0.258 e. The van der Waals surface area contributed by atoms with E-state index in [1.807, 2.05) is 53.1 Å². The molecule has 1 aromatic heterocycles. The standard InChI is InChI=1S/C22H21NO/c24-22-20(18-11-5-2-6-12-18)15-19-13-7-8-14-21(19)23(22)16-17-9-3-1-4-10-17/h1-6,9-12,15H,7-8,13-14,16H2. The largest absolute Gasteiger partial charge is 0.307 e. The molecule has 0 amide bonds.